The molecule has 1 aliphatic rings. The molecule has 132 valence electrons. The van der Waals surface area contributed by atoms with Crippen LogP contribution in [-0.2, 0) is 9.53 Å². The Labute approximate surface area is 141 Å². The van der Waals surface area contributed by atoms with E-state index < -0.39 is 5.54 Å². The van der Waals surface area contributed by atoms with Crippen molar-refractivity contribution in [1.82, 2.24) is 9.80 Å². The van der Waals surface area contributed by atoms with Crippen LogP contribution in [0.1, 0.15) is 46.0 Å². The summed E-state index contributed by atoms with van der Waals surface area (Å²) in [5.41, 5.74) is 5.42. The number of nitrogens with zero attached hydrogens (tertiary/aromatic N) is 2. The second-order valence-corrected chi connectivity index (χ2v) is 6.69. The summed E-state index contributed by atoms with van der Waals surface area (Å²) in [6.45, 7) is 7.32. The highest BCUT2D eigenvalue weighted by atomic mass is 35.5. The van der Waals surface area contributed by atoms with Gasteiger partial charge in [0.15, 0.2) is 0 Å². The minimum atomic E-state index is -0.714. The first-order valence-corrected chi connectivity index (χ1v) is 8.21. The van der Waals surface area contributed by atoms with Crippen molar-refractivity contribution in [1.29, 1.82) is 0 Å². The van der Waals surface area contributed by atoms with Gasteiger partial charge in [0, 0.05) is 19.7 Å². The van der Waals surface area contributed by atoms with E-state index in [2.05, 4.69) is 25.9 Å². The van der Waals surface area contributed by atoms with E-state index in [4.69, 9.17) is 10.5 Å². The van der Waals surface area contributed by atoms with Gasteiger partial charge in [0.25, 0.3) is 0 Å². The fourth-order valence-electron chi connectivity index (χ4n) is 2.84. The zero-order valence-corrected chi connectivity index (χ0v) is 15.5. The molecule has 1 amide bonds. The lowest BCUT2D eigenvalue weighted by Crippen LogP contribution is -2.55. The molecule has 0 aromatic heterocycles. The number of carbonyl (C=O) groups is 1. The van der Waals surface area contributed by atoms with Gasteiger partial charge in [-0.2, -0.15) is 0 Å². The second-order valence-electron chi connectivity index (χ2n) is 6.69. The molecule has 1 rings (SSSR count). The molecule has 0 spiro atoms. The van der Waals surface area contributed by atoms with Gasteiger partial charge in [0.1, 0.15) is 0 Å². The number of halogens is 1. The SMILES string of the molecule is CCCC(C)(N)C(=O)N1CCC(OCCCN(C)C)CC1.Cl. The molecule has 1 heterocycles. The molecular formula is C16H34ClN3O2. The quantitative estimate of drug-likeness (QED) is 0.688. The summed E-state index contributed by atoms with van der Waals surface area (Å²) >= 11 is 0. The third-order valence-corrected chi connectivity index (χ3v) is 4.09. The number of piperidine rings is 1. The van der Waals surface area contributed by atoms with Crippen LogP contribution < -0.4 is 5.73 Å². The van der Waals surface area contributed by atoms with E-state index in [0.717, 1.165) is 58.3 Å². The maximum Gasteiger partial charge on any atom is 0.242 e. The van der Waals surface area contributed by atoms with Gasteiger partial charge in [0.05, 0.1) is 11.6 Å². The molecule has 1 saturated heterocycles. The molecule has 1 atom stereocenters. The fraction of sp³-hybridized carbons (Fsp3) is 0.938. The Morgan fingerprint density at radius 1 is 1.36 bits per heavy atom. The van der Waals surface area contributed by atoms with E-state index in [1.807, 2.05) is 11.8 Å². The molecule has 5 nitrogen and oxygen atoms in total. The van der Waals surface area contributed by atoms with E-state index in [9.17, 15) is 4.79 Å². The van der Waals surface area contributed by atoms with Crippen molar-refractivity contribution in [3.05, 3.63) is 0 Å². The lowest BCUT2D eigenvalue weighted by atomic mass is 9.94. The molecule has 1 unspecified atom stereocenters. The Morgan fingerprint density at radius 2 is 1.95 bits per heavy atom. The first-order chi connectivity index (χ1) is 9.86. The van der Waals surface area contributed by atoms with Crippen LogP contribution in [-0.4, -0.2) is 67.7 Å². The van der Waals surface area contributed by atoms with Crippen molar-refractivity contribution < 1.29 is 9.53 Å². The average Bonchev–Trinajstić information content (AvgIpc) is 2.43. The van der Waals surface area contributed by atoms with Crippen molar-refractivity contribution in [3.8, 4) is 0 Å². The summed E-state index contributed by atoms with van der Waals surface area (Å²) in [5, 5.41) is 0. The molecule has 22 heavy (non-hydrogen) atoms. The third kappa shape index (κ3) is 7.27. The van der Waals surface area contributed by atoms with Gasteiger partial charge in [-0.3, -0.25) is 4.79 Å². The molecule has 1 fully saturated rings. The monoisotopic (exact) mass is 335 g/mol. The minimum absolute atomic E-state index is 0. The first kappa shape index (κ1) is 21.6. The van der Waals surface area contributed by atoms with Crippen molar-refractivity contribution in [3.63, 3.8) is 0 Å². The Kier molecular flexibility index (Phi) is 10.3. The predicted octanol–water partition coefficient (Wildman–Crippen LogP) is 1.88. The summed E-state index contributed by atoms with van der Waals surface area (Å²) in [6, 6.07) is 0. The maximum absolute atomic E-state index is 12.4. The van der Waals surface area contributed by atoms with Crippen LogP contribution in [0.3, 0.4) is 0 Å². The van der Waals surface area contributed by atoms with E-state index in [1.165, 1.54) is 0 Å². The van der Waals surface area contributed by atoms with Crippen LogP contribution in [0.25, 0.3) is 0 Å². The van der Waals surface area contributed by atoms with Gasteiger partial charge in [-0.1, -0.05) is 13.3 Å². The summed E-state index contributed by atoms with van der Waals surface area (Å²) in [5.74, 6) is 0.0930. The van der Waals surface area contributed by atoms with Crippen LogP contribution >= 0.6 is 12.4 Å². The highest BCUT2D eigenvalue weighted by Gasteiger charge is 2.33. The number of carbonyl (C=O) groups excluding carboxylic acids is 1. The van der Waals surface area contributed by atoms with Gasteiger partial charge < -0.3 is 20.3 Å². The number of ether oxygens (including phenoxy) is 1. The van der Waals surface area contributed by atoms with Crippen LogP contribution in [0.5, 0.6) is 0 Å². The number of rotatable bonds is 8. The van der Waals surface area contributed by atoms with E-state index in [0.29, 0.717) is 6.10 Å². The Bertz CT molecular complexity index is 317. The van der Waals surface area contributed by atoms with E-state index >= 15 is 0 Å². The van der Waals surface area contributed by atoms with Crippen molar-refractivity contribution in [2.45, 2.75) is 57.6 Å². The van der Waals surface area contributed by atoms with Gasteiger partial charge in [-0.15, -0.1) is 12.4 Å². The molecule has 0 aromatic carbocycles. The lowest BCUT2D eigenvalue weighted by Gasteiger charge is -2.36. The van der Waals surface area contributed by atoms with E-state index in [-0.39, 0.29) is 18.3 Å². The predicted molar refractivity (Wildman–Crippen MR) is 93.5 cm³/mol. The molecule has 0 saturated carbocycles. The standard InChI is InChI=1S/C16H33N3O2.ClH/c1-5-9-16(2,17)15(20)19-11-7-14(8-12-19)21-13-6-10-18(3)4;/h14H,5-13,17H2,1-4H3;1H. The topological polar surface area (TPSA) is 58.8 Å². The molecule has 6 heteroatoms. The second kappa shape index (κ2) is 10.4. The van der Waals surface area contributed by atoms with Crippen LogP contribution in [0.4, 0.5) is 0 Å². The molecular weight excluding hydrogens is 302 g/mol. The average molecular weight is 336 g/mol. The molecule has 0 aromatic rings. The largest absolute Gasteiger partial charge is 0.378 e. The van der Waals surface area contributed by atoms with Crippen LogP contribution in [0.2, 0.25) is 0 Å². The third-order valence-electron chi connectivity index (χ3n) is 4.09. The number of hydrogen-bond acceptors (Lipinski definition) is 4. The number of amides is 1. The number of nitrogens with two attached hydrogens (primary N) is 1. The normalized spacial score (nSPS) is 18.9. The van der Waals surface area contributed by atoms with Gasteiger partial charge in [-0.05, 0) is 53.2 Å². The number of hydrogen-bond donors (Lipinski definition) is 1. The molecule has 2 N–H and O–H groups in total. The Morgan fingerprint density at radius 3 is 2.45 bits per heavy atom. The summed E-state index contributed by atoms with van der Waals surface area (Å²) in [6.07, 6.45) is 4.89. The Hall–Kier alpha value is -0.360. The summed E-state index contributed by atoms with van der Waals surface area (Å²) < 4.78 is 5.90. The first-order valence-electron chi connectivity index (χ1n) is 8.21. The van der Waals surface area contributed by atoms with Crippen molar-refractivity contribution in [2.24, 2.45) is 5.73 Å². The Balaban J connectivity index is 0.00000441. The molecule has 0 radical (unpaired) electrons. The number of likely N-dealkylation sites (tertiary alicyclic amines) is 1. The summed E-state index contributed by atoms with van der Waals surface area (Å²) in [7, 11) is 4.15. The zero-order chi connectivity index (χ0) is 15.9. The molecule has 0 bridgehead atoms. The summed E-state index contributed by atoms with van der Waals surface area (Å²) in [4.78, 5) is 16.5. The fourth-order valence-corrected chi connectivity index (χ4v) is 2.84. The van der Waals surface area contributed by atoms with Gasteiger partial charge >= 0.3 is 0 Å². The highest BCUT2D eigenvalue weighted by Crippen LogP contribution is 2.19. The maximum atomic E-state index is 12.4. The zero-order valence-electron chi connectivity index (χ0n) is 14.6. The van der Waals surface area contributed by atoms with Crippen molar-refractivity contribution in [2.75, 3.05) is 40.3 Å². The molecule has 1 aliphatic heterocycles. The van der Waals surface area contributed by atoms with Crippen LogP contribution in [0.15, 0.2) is 0 Å². The van der Waals surface area contributed by atoms with Crippen LogP contribution in [0, 0.1) is 0 Å². The molecule has 0 aliphatic carbocycles. The highest BCUT2D eigenvalue weighted by molar-refractivity contribution is 5.86. The minimum Gasteiger partial charge on any atom is -0.378 e. The lowest BCUT2D eigenvalue weighted by molar-refractivity contribution is -0.139. The van der Waals surface area contributed by atoms with Crippen molar-refractivity contribution >= 4 is 18.3 Å². The van der Waals surface area contributed by atoms with Gasteiger partial charge in [0.2, 0.25) is 5.91 Å². The van der Waals surface area contributed by atoms with E-state index in [1.54, 1.807) is 0 Å². The van der Waals surface area contributed by atoms with Gasteiger partial charge in [-0.25, -0.2) is 0 Å². The smallest absolute Gasteiger partial charge is 0.242 e.